The molecule has 3 nitrogen and oxygen atoms in total. The highest BCUT2D eigenvalue weighted by Crippen LogP contribution is 2.40. The first-order chi connectivity index (χ1) is 9.74. The molecule has 1 heterocycles. The van der Waals surface area contributed by atoms with Crippen LogP contribution >= 0.6 is 0 Å². The van der Waals surface area contributed by atoms with Crippen molar-refractivity contribution >= 4 is 54.9 Å². The number of benzene rings is 1. The van der Waals surface area contributed by atoms with E-state index in [1.54, 1.807) is 0 Å². The Morgan fingerprint density at radius 3 is 2.05 bits per heavy atom. The number of nitrogens with one attached hydrogen (secondary N) is 1. The summed E-state index contributed by atoms with van der Waals surface area (Å²) in [5.41, 5.74) is 0.591. The van der Waals surface area contributed by atoms with Crippen LogP contribution in [0.3, 0.4) is 0 Å². The lowest BCUT2D eigenvalue weighted by molar-refractivity contribution is 0.0833. The molecule has 1 unspecified atom stereocenters. The summed E-state index contributed by atoms with van der Waals surface area (Å²) in [6.07, 6.45) is 0. The summed E-state index contributed by atoms with van der Waals surface area (Å²) in [6.45, 7) is 4.46. The highest BCUT2D eigenvalue weighted by molar-refractivity contribution is 6.46. The van der Waals surface area contributed by atoms with Gasteiger partial charge in [-0.25, -0.2) is 0 Å². The van der Waals surface area contributed by atoms with Crippen molar-refractivity contribution in [3.63, 3.8) is 0 Å². The van der Waals surface area contributed by atoms with Gasteiger partial charge in [-0.05, 0) is 22.9 Å². The fourth-order valence-electron chi connectivity index (χ4n) is 3.07. The first-order valence-corrected chi connectivity index (χ1v) is 8.05. The minimum absolute atomic E-state index is 0.0547. The molecule has 0 saturated carbocycles. The Bertz CT molecular complexity index is 583. The van der Waals surface area contributed by atoms with E-state index in [1.165, 1.54) is 5.56 Å². The Morgan fingerprint density at radius 1 is 0.955 bits per heavy atom. The Labute approximate surface area is 140 Å². The quantitative estimate of drug-likeness (QED) is 0.562. The van der Waals surface area contributed by atoms with Crippen LogP contribution in [0, 0.1) is 0 Å². The minimum Gasteiger partial charge on any atom is -0.467 e. The first-order valence-electron chi connectivity index (χ1n) is 8.05. The molecular formula is C12H24B7NO2. The van der Waals surface area contributed by atoms with Crippen LogP contribution in [0.4, 0.5) is 0 Å². The van der Waals surface area contributed by atoms with Crippen molar-refractivity contribution in [2.45, 2.75) is 35.4 Å². The molecule has 0 spiro atoms. The van der Waals surface area contributed by atoms with Crippen LogP contribution in [0.5, 0.6) is 11.5 Å². The van der Waals surface area contributed by atoms with Gasteiger partial charge in [-0.15, -0.1) is 0 Å². The van der Waals surface area contributed by atoms with Gasteiger partial charge in [0.1, 0.15) is 39.2 Å². The molecule has 1 aliphatic rings. The highest BCUT2D eigenvalue weighted by Gasteiger charge is 2.41. The summed E-state index contributed by atoms with van der Waals surface area (Å²) < 4.78 is 11.7. The smallest absolute Gasteiger partial charge is 0.197 e. The second kappa shape index (κ2) is 5.12. The highest BCUT2D eigenvalue weighted by atomic mass is 16.7. The molecule has 2 rings (SSSR count). The maximum Gasteiger partial charge on any atom is 0.197 e. The van der Waals surface area contributed by atoms with Crippen LogP contribution < -0.4 is 14.8 Å². The van der Waals surface area contributed by atoms with Gasteiger partial charge in [-0.3, -0.25) is 0 Å². The lowest BCUT2D eigenvalue weighted by Gasteiger charge is -2.48. The molecule has 22 heavy (non-hydrogen) atoms. The molecule has 0 radical (unpaired) electrons. The van der Waals surface area contributed by atoms with E-state index in [9.17, 15) is 0 Å². The Hall–Kier alpha value is -0.765. The number of fused-ring (bicyclic) bond motifs is 1. The lowest BCUT2D eigenvalue weighted by atomic mass is 9.37. The molecule has 0 aliphatic carbocycles. The van der Waals surface area contributed by atoms with Gasteiger partial charge in [0.25, 0.3) is 0 Å². The molecule has 1 N–H and O–H groups in total. The average Bonchev–Trinajstić information content (AvgIpc) is 2.57. The van der Waals surface area contributed by atoms with Crippen molar-refractivity contribution in [3.8, 4) is 11.5 Å². The molecular weight excluding hydrogens is 266 g/mol. The van der Waals surface area contributed by atoms with E-state index >= 15 is 0 Å². The van der Waals surface area contributed by atoms with Crippen LogP contribution in [0.1, 0.15) is 19.4 Å². The predicted octanol–water partition coefficient (Wildman–Crippen LogP) is -5.37. The van der Waals surface area contributed by atoms with Crippen LogP contribution in [0.25, 0.3) is 0 Å². The van der Waals surface area contributed by atoms with Gasteiger partial charge in [0.05, 0.1) is 0 Å². The molecule has 110 valence electrons. The van der Waals surface area contributed by atoms with Crippen LogP contribution in [0.15, 0.2) is 18.2 Å². The van der Waals surface area contributed by atoms with Crippen molar-refractivity contribution in [2.24, 2.45) is 0 Å². The van der Waals surface area contributed by atoms with Crippen molar-refractivity contribution in [2.75, 3.05) is 0 Å². The standard InChI is InChI=1S/C12H24B7NO2/c1-9(13,20-10(2,14)15)11(16,17)6-3-4-7-8(5-6)22-12(18,19)21-7/h3-5,20H,13-19H2,1-2H3. The fraction of sp³-hybridized carbons (Fsp3) is 0.500. The first kappa shape index (κ1) is 17.6. The van der Waals surface area contributed by atoms with Crippen molar-refractivity contribution in [1.29, 1.82) is 0 Å². The van der Waals surface area contributed by atoms with E-state index in [-0.39, 0.29) is 16.0 Å². The molecule has 10 heteroatoms. The van der Waals surface area contributed by atoms with E-state index in [0.717, 1.165) is 11.5 Å². The Balaban J connectivity index is 2.35. The van der Waals surface area contributed by atoms with Crippen LogP contribution in [-0.4, -0.2) is 71.3 Å². The molecule has 0 amide bonds. The minimum atomic E-state index is -0.579. The zero-order valence-corrected chi connectivity index (χ0v) is 15.5. The summed E-state index contributed by atoms with van der Waals surface area (Å²) in [6, 6.07) is 6.29. The average molecular weight is 290 g/mol. The monoisotopic (exact) mass is 291 g/mol. The lowest BCUT2D eigenvalue weighted by Crippen LogP contribution is -2.67. The van der Waals surface area contributed by atoms with Crippen LogP contribution in [-0.2, 0) is 5.21 Å². The molecule has 1 atom stereocenters. The van der Waals surface area contributed by atoms with Gasteiger partial charge < -0.3 is 14.8 Å². The van der Waals surface area contributed by atoms with Crippen LogP contribution in [0.2, 0.25) is 0 Å². The summed E-state index contributed by atoms with van der Waals surface area (Å²) >= 11 is 0. The maximum atomic E-state index is 5.90. The molecule has 1 aromatic rings. The zero-order valence-electron chi connectivity index (χ0n) is 15.5. The third kappa shape index (κ3) is 3.42. The molecule has 1 aliphatic heterocycles. The van der Waals surface area contributed by atoms with E-state index in [0.29, 0.717) is 0 Å². The Kier molecular flexibility index (Phi) is 4.09. The van der Waals surface area contributed by atoms with E-state index < -0.39 is 5.59 Å². The zero-order chi connectivity index (χ0) is 17.0. The topological polar surface area (TPSA) is 30.5 Å². The molecule has 0 fully saturated rings. The molecule has 0 bridgehead atoms. The van der Waals surface area contributed by atoms with Gasteiger partial charge in [-0.1, -0.05) is 30.7 Å². The van der Waals surface area contributed by atoms with Gasteiger partial charge in [-0.2, -0.15) is 0 Å². The number of rotatable bonds is 4. The summed E-state index contributed by atoms with van der Waals surface area (Å²) in [7, 11) is 15.1. The van der Waals surface area contributed by atoms with Gasteiger partial charge in [0.2, 0.25) is 0 Å². The number of hydrogen-bond acceptors (Lipinski definition) is 3. The SMILES string of the molecule is BC(B)(C)NC(B)(C)C(B)(B)c1ccc2c(c1)OC(B)(B)O2. The van der Waals surface area contributed by atoms with E-state index in [1.807, 2.05) is 21.8 Å². The number of ether oxygens (including phenoxy) is 2. The third-order valence-electron chi connectivity index (χ3n) is 4.63. The summed E-state index contributed by atoms with van der Waals surface area (Å²) in [5, 5.41) is 3.74. The van der Waals surface area contributed by atoms with Gasteiger partial charge >= 0.3 is 0 Å². The molecule has 1 aromatic carbocycles. The predicted molar refractivity (Wildman–Crippen MR) is 112 cm³/mol. The van der Waals surface area contributed by atoms with E-state index in [2.05, 4.69) is 70.5 Å². The summed E-state index contributed by atoms with van der Waals surface area (Å²) in [5.74, 6) is 1.66. The number of hydrogen-bond donors (Lipinski definition) is 1. The second-order valence-electron chi connectivity index (χ2n) is 8.89. The second-order valence-corrected chi connectivity index (χ2v) is 8.89. The summed E-state index contributed by atoms with van der Waals surface area (Å²) in [4.78, 5) is 0. The maximum absolute atomic E-state index is 5.90. The van der Waals surface area contributed by atoms with Gasteiger partial charge in [0.15, 0.2) is 32.8 Å². The molecule has 0 aromatic heterocycles. The third-order valence-corrected chi connectivity index (χ3v) is 4.63. The normalized spacial score (nSPS) is 19.5. The largest absolute Gasteiger partial charge is 0.467 e. The Morgan fingerprint density at radius 2 is 1.50 bits per heavy atom. The van der Waals surface area contributed by atoms with Crippen molar-refractivity contribution in [3.05, 3.63) is 23.8 Å². The van der Waals surface area contributed by atoms with Gasteiger partial charge in [0, 0.05) is 0 Å². The molecule has 0 saturated heterocycles. The van der Waals surface area contributed by atoms with Crippen molar-refractivity contribution < 1.29 is 9.47 Å². The van der Waals surface area contributed by atoms with Crippen molar-refractivity contribution in [1.82, 2.24) is 5.32 Å². The fourth-order valence-corrected chi connectivity index (χ4v) is 3.07. The van der Waals surface area contributed by atoms with E-state index in [4.69, 9.17) is 9.47 Å².